The molecule has 0 atom stereocenters. The van der Waals surface area contributed by atoms with Gasteiger partial charge in [0, 0.05) is 54.0 Å². The van der Waals surface area contributed by atoms with Crippen molar-refractivity contribution in [3.05, 3.63) is 147 Å². The van der Waals surface area contributed by atoms with Gasteiger partial charge in [-0.25, -0.2) is 8.42 Å². The molecule has 0 spiro atoms. The maximum absolute atomic E-state index is 14.6. The maximum atomic E-state index is 14.6. The normalized spacial score (nSPS) is 11.6. The maximum Gasteiger partial charge on any atom is 0.251 e. The SMILES string of the molecule is COc1c(Cl)cc(CN(CCn2ccc3ccccc32)S(=O)(=O)c2cc(C(=O)NCc3ccccc3)cc(Cl)c2O)cc1-c1ccc(Cl)cc1. The molecule has 0 unspecified atom stereocenters. The van der Waals surface area contributed by atoms with E-state index in [4.69, 9.17) is 39.5 Å². The fraction of sp³-hybridized carbons (Fsp3) is 0.132. The molecule has 256 valence electrons. The van der Waals surface area contributed by atoms with Crippen molar-refractivity contribution in [2.75, 3.05) is 13.7 Å². The molecule has 0 fully saturated rings. The molecule has 50 heavy (non-hydrogen) atoms. The number of hydrogen-bond acceptors (Lipinski definition) is 5. The van der Waals surface area contributed by atoms with Crippen LogP contribution in [0, 0.1) is 0 Å². The highest BCUT2D eigenvalue weighted by atomic mass is 35.5. The van der Waals surface area contributed by atoms with Gasteiger partial charge in [0.1, 0.15) is 10.6 Å². The summed E-state index contributed by atoms with van der Waals surface area (Å²) < 4.78 is 38.0. The number of aromatic nitrogens is 1. The Balaban J connectivity index is 1.39. The van der Waals surface area contributed by atoms with Crippen molar-refractivity contribution >= 4 is 61.6 Å². The van der Waals surface area contributed by atoms with Gasteiger partial charge < -0.3 is 19.7 Å². The van der Waals surface area contributed by atoms with Crippen LogP contribution in [0.25, 0.3) is 22.0 Å². The van der Waals surface area contributed by atoms with Crippen molar-refractivity contribution in [2.24, 2.45) is 0 Å². The molecule has 1 heterocycles. The lowest BCUT2D eigenvalue weighted by molar-refractivity contribution is 0.0950. The number of nitrogens with one attached hydrogen (secondary N) is 1. The Bertz CT molecular complexity index is 2280. The average molecular weight is 749 g/mol. The van der Waals surface area contributed by atoms with E-state index >= 15 is 0 Å². The molecule has 0 aliphatic carbocycles. The Morgan fingerprint density at radius 2 is 1.58 bits per heavy atom. The summed E-state index contributed by atoms with van der Waals surface area (Å²) in [7, 11) is -2.97. The van der Waals surface area contributed by atoms with Gasteiger partial charge in [0.25, 0.3) is 5.91 Å². The van der Waals surface area contributed by atoms with Gasteiger partial charge in [0.2, 0.25) is 10.0 Å². The van der Waals surface area contributed by atoms with E-state index < -0.39 is 26.6 Å². The van der Waals surface area contributed by atoms with Crippen LogP contribution in [0.2, 0.25) is 15.1 Å². The minimum absolute atomic E-state index is 0.00241. The lowest BCUT2D eigenvalue weighted by Crippen LogP contribution is -2.34. The second-order valence-electron chi connectivity index (χ2n) is 11.5. The summed E-state index contributed by atoms with van der Waals surface area (Å²) in [6, 6.07) is 32.0. The first-order valence-electron chi connectivity index (χ1n) is 15.6. The number of para-hydroxylation sites is 1. The van der Waals surface area contributed by atoms with E-state index in [1.807, 2.05) is 89.6 Å². The second-order valence-corrected chi connectivity index (χ2v) is 14.7. The van der Waals surface area contributed by atoms with Crippen LogP contribution in [0.5, 0.6) is 11.5 Å². The number of carbonyl (C=O) groups excluding carboxylic acids is 1. The number of fused-ring (bicyclic) bond motifs is 1. The van der Waals surface area contributed by atoms with Crippen molar-refractivity contribution in [3.63, 3.8) is 0 Å². The van der Waals surface area contributed by atoms with Crippen LogP contribution in [0.1, 0.15) is 21.5 Å². The molecule has 0 bridgehead atoms. The highest BCUT2D eigenvalue weighted by molar-refractivity contribution is 7.89. The van der Waals surface area contributed by atoms with E-state index in [-0.39, 0.29) is 41.8 Å². The summed E-state index contributed by atoms with van der Waals surface area (Å²) in [6.07, 6.45) is 1.89. The van der Waals surface area contributed by atoms with E-state index in [2.05, 4.69) is 5.32 Å². The highest BCUT2D eigenvalue weighted by Gasteiger charge is 2.31. The molecule has 2 N–H and O–H groups in total. The summed E-state index contributed by atoms with van der Waals surface area (Å²) in [5, 5.41) is 15.4. The summed E-state index contributed by atoms with van der Waals surface area (Å²) in [5.74, 6) is -0.783. The zero-order valence-electron chi connectivity index (χ0n) is 26.8. The van der Waals surface area contributed by atoms with Crippen LogP contribution in [0.15, 0.2) is 120 Å². The van der Waals surface area contributed by atoms with Crippen molar-refractivity contribution in [1.82, 2.24) is 14.2 Å². The van der Waals surface area contributed by atoms with Gasteiger partial charge in [-0.3, -0.25) is 4.79 Å². The Labute approximate surface area is 305 Å². The first-order chi connectivity index (χ1) is 24.0. The van der Waals surface area contributed by atoms with Crippen LogP contribution in [-0.2, 0) is 29.7 Å². The van der Waals surface area contributed by atoms with Crippen LogP contribution < -0.4 is 10.1 Å². The smallest absolute Gasteiger partial charge is 0.251 e. The van der Waals surface area contributed by atoms with E-state index in [1.165, 1.54) is 17.5 Å². The van der Waals surface area contributed by atoms with Crippen LogP contribution in [-0.4, -0.2) is 42.0 Å². The summed E-state index contributed by atoms with van der Waals surface area (Å²) >= 11 is 19.2. The number of hydrogen-bond donors (Lipinski definition) is 2. The fourth-order valence-corrected chi connectivity index (χ4v) is 8.03. The van der Waals surface area contributed by atoms with Crippen molar-refractivity contribution < 1.29 is 23.1 Å². The number of ether oxygens (including phenoxy) is 1. The first kappa shape index (κ1) is 35.3. The van der Waals surface area contributed by atoms with Gasteiger partial charge in [-0.2, -0.15) is 4.31 Å². The molecule has 5 aromatic carbocycles. The molecule has 6 aromatic rings. The summed E-state index contributed by atoms with van der Waals surface area (Å²) in [6.45, 7) is 0.369. The lowest BCUT2D eigenvalue weighted by atomic mass is 10.0. The third kappa shape index (κ3) is 7.62. The molecule has 8 nitrogen and oxygen atoms in total. The number of sulfonamides is 1. The molecule has 0 radical (unpaired) electrons. The molecule has 0 aliphatic heterocycles. The van der Waals surface area contributed by atoms with Gasteiger partial charge in [-0.15, -0.1) is 0 Å². The Morgan fingerprint density at radius 3 is 2.32 bits per heavy atom. The number of carbonyl (C=O) groups is 1. The molecule has 6 rings (SSSR count). The molecule has 0 aliphatic rings. The number of benzene rings is 5. The van der Waals surface area contributed by atoms with E-state index in [1.54, 1.807) is 18.2 Å². The largest absolute Gasteiger partial charge is 0.505 e. The number of phenols is 1. The standard InChI is InChI=1S/C38H32Cl3N3O5S/c1-49-37-31(27-11-13-30(39)14-12-27)19-26(20-33(37)41)24-44(18-17-43-16-15-28-9-5-6-10-34(28)43)50(47,48)35-22-29(21-32(40)36(35)45)38(46)42-23-25-7-3-2-4-8-25/h2-16,19-22,45H,17-18,23-24H2,1H3,(H,42,46). The third-order valence-electron chi connectivity index (χ3n) is 8.30. The predicted octanol–water partition coefficient (Wildman–Crippen LogP) is 8.80. The van der Waals surface area contributed by atoms with Crippen LogP contribution >= 0.6 is 34.8 Å². The number of nitrogens with zero attached hydrogens (tertiary/aromatic N) is 2. The zero-order valence-corrected chi connectivity index (χ0v) is 29.9. The van der Waals surface area contributed by atoms with Gasteiger partial charge in [-0.1, -0.05) is 95.5 Å². The van der Waals surface area contributed by atoms with Crippen molar-refractivity contribution in [2.45, 2.75) is 24.5 Å². The molecule has 1 amide bonds. The number of halogens is 3. The number of rotatable bonds is 12. The van der Waals surface area contributed by atoms with E-state index in [0.29, 0.717) is 21.9 Å². The van der Waals surface area contributed by atoms with Crippen LogP contribution in [0.4, 0.5) is 0 Å². The van der Waals surface area contributed by atoms with Gasteiger partial charge in [0.05, 0.1) is 17.2 Å². The van der Waals surface area contributed by atoms with Crippen LogP contribution in [0.3, 0.4) is 0 Å². The molecular weight excluding hydrogens is 717 g/mol. The molecular formula is C38H32Cl3N3O5S. The first-order valence-corrected chi connectivity index (χ1v) is 18.1. The monoisotopic (exact) mass is 747 g/mol. The summed E-state index contributed by atoms with van der Waals surface area (Å²) in [4.78, 5) is 12.7. The molecule has 1 aromatic heterocycles. The topological polar surface area (TPSA) is 101 Å². The zero-order chi connectivity index (χ0) is 35.4. The Hall–Kier alpha value is -4.51. The lowest BCUT2D eigenvalue weighted by Gasteiger charge is -2.25. The fourth-order valence-electron chi connectivity index (χ4n) is 5.76. The quantitative estimate of drug-likeness (QED) is 0.130. The van der Waals surface area contributed by atoms with E-state index in [9.17, 15) is 18.3 Å². The number of aromatic hydroxyl groups is 1. The van der Waals surface area contributed by atoms with E-state index in [0.717, 1.165) is 28.1 Å². The minimum Gasteiger partial charge on any atom is -0.505 e. The predicted molar refractivity (Wildman–Crippen MR) is 199 cm³/mol. The van der Waals surface area contributed by atoms with Gasteiger partial charge in [-0.05, 0) is 70.6 Å². The summed E-state index contributed by atoms with van der Waals surface area (Å²) in [5.41, 5.74) is 3.74. The van der Waals surface area contributed by atoms with Crippen molar-refractivity contribution in [3.8, 4) is 22.6 Å². The van der Waals surface area contributed by atoms with Crippen molar-refractivity contribution in [1.29, 1.82) is 0 Å². The number of phenolic OH excluding ortho intramolecular Hbond substituents is 1. The molecule has 12 heteroatoms. The van der Waals surface area contributed by atoms with Gasteiger partial charge >= 0.3 is 0 Å². The van der Waals surface area contributed by atoms with Gasteiger partial charge in [0.15, 0.2) is 5.75 Å². The minimum atomic E-state index is -4.48. The third-order valence-corrected chi connectivity index (χ3v) is 11.0. The number of methoxy groups -OCH3 is 1. The highest BCUT2D eigenvalue weighted by Crippen LogP contribution is 2.39. The molecule has 0 saturated carbocycles. The number of amides is 1. The molecule has 0 saturated heterocycles. The second kappa shape index (κ2) is 15.2. The Morgan fingerprint density at radius 1 is 0.860 bits per heavy atom. The average Bonchev–Trinajstić information content (AvgIpc) is 3.53. The Kier molecular flexibility index (Phi) is 10.7.